The Hall–Kier alpha value is -2.14. The molecule has 0 fully saturated rings. The third kappa shape index (κ3) is 5.20. The minimum absolute atomic E-state index is 0.0825. The summed E-state index contributed by atoms with van der Waals surface area (Å²) in [7, 11) is 0. The lowest BCUT2D eigenvalue weighted by Gasteiger charge is -2.21. The number of amides is 1. The molecule has 0 aliphatic carbocycles. The molecule has 0 bridgehead atoms. The average molecular weight is 345 g/mol. The van der Waals surface area contributed by atoms with Crippen molar-refractivity contribution in [1.82, 2.24) is 5.32 Å². The van der Waals surface area contributed by atoms with Crippen LogP contribution in [0, 0.1) is 12.8 Å². The standard InChI is InChI=1S/C19H23NO3S/c1-13(2)11-16(15-7-5-4-6-8-15)20-17(21)12-23-19(22)18-14(3)9-10-24-18/h4-10,13,16H,11-12H2,1-3H3,(H,20,21)/t16-/m1/s1. The van der Waals surface area contributed by atoms with Gasteiger partial charge >= 0.3 is 5.97 Å². The first kappa shape index (κ1) is 18.2. The molecule has 0 aliphatic heterocycles. The van der Waals surface area contributed by atoms with Crippen LogP contribution in [0.2, 0.25) is 0 Å². The molecule has 2 rings (SSSR count). The van der Waals surface area contributed by atoms with Crippen LogP contribution in [0.15, 0.2) is 41.8 Å². The maximum atomic E-state index is 12.2. The van der Waals surface area contributed by atoms with E-state index >= 15 is 0 Å². The fourth-order valence-corrected chi connectivity index (χ4v) is 3.27. The molecule has 0 saturated carbocycles. The fourth-order valence-electron chi connectivity index (χ4n) is 2.45. The third-order valence-electron chi connectivity index (χ3n) is 3.63. The number of aryl methyl sites for hydroxylation is 1. The van der Waals surface area contributed by atoms with E-state index in [2.05, 4.69) is 19.2 Å². The molecule has 0 radical (unpaired) electrons. The molecule has 24 heavy (non-hydrogen) atoms. The van der Waals surface area contributed by atoms with E-state index in [-0.39, 0.29) is 18.6 Å². The zero-order valence-electron chi connectivity index (χ0n) is 14.2. The van der Waals surface area contributed by atoms with Crippen LogP contribution in [-0.4, -0.2) is 18.5 Å². The van der Waals surface area contributed by atoms with Crippen molar-refractivity contribution < 1.29 is 14.3 Å². The molecular formula is C19H23NO3S. The molecule has 128 valence electrons. The second kappa shape index (κ2) is 8.64. The Morgan fingerprint density at radius 1 is 1.17 bits per heavy atom. The zero-order chi connectivity index (χ0) is 17.5. The molecule has 5 heteroatoms. The third-order valence-corrected chi connectivity index (χ3v) is 4.62. The van der Waals surface area contributed by atoms with Crippen LogP contribution < -0.4 is 5.32 Å². The molecular weight excluding hydrogens is 322 g/mol. The van der Waals surface area contributed by atoms with E-state index in [0.29, 0.717) is 10.8 Å². The van der Waals surface area contributed by atoms with Crippen LogP contribution >= 0.6 is 11.3 Å². The largest absolute Gasteiger partial charge is 0.451 e. The topological polar surface area (TPSA) is 55.4 Å². The fraction of sp³-hybridized carbons (Fsp3) is 0.368. The summed E-state index contributed by atoms with van der Waals surface area (Å²) in [5.74, 6) is -0.295. The Morgan fingerprint density at radius 3 is 2.46 bits per heavy atom. The molecule has 4 nitrogen and oxygen atoms in total. The second-order valence-electron chi connectivity index (χ2n) is 6.17. The Labute approximate surface area is 146 Å². The lowest BCUT2D eigenvalue weighted by atomic mass is 9.97. The number of carbonyl (C=O) groups is 2. The second-order valence-corrected chi connectivity index (χ2v) is 7.09. The van der Waals surface area contributed by atoms with Crippen molar-refractivity contribution in [2.75, 3.05) is 6.61 Å². The minimum atomic E-state index is -0.447. The summed E-state index contributed by atoms with van der Waals surface area (Å²) < 4.78 is 5.13. The number of hydrogen-bond acceptors (Lipinski definition) is 4. The summed E-state index contributed by atoms with van der Waals surface area (Å²) in [6, 6.07) is 11.6. The van der Waals surface area contributed by atoms with Gasteiger partial charge in [-0.25, -0.2) is 4.79 Å². The smallest absolute Gasteiger partial charge is 0.349 e. The molecule has 0 saturated heterocycles. The molecule has 1 aromatic carbocycles. The van der Waals surface area contributed by atoms with Gasteiger partial charge in [-0.15, -0.1) is 11.3 Å². The number of nitrogens with one attached hydrogen (secondary N) is 1. The van der Waals surface area contributed by atoms with Gasteiger partial charge in [0.05, 0.1) is 6.04 Å². The lowest BCUT2D eigenvalue weighted by molar-refractivity contribution is -0.125. The van der Waals surface area contributed by atoms with E-state index in [1.165, 1.54) is 11.3 Å². The van der Waals surface area contributed by atoms with E-state index in [1.807, 2.05) is 48.7 Å². The van der Waals surface area contributed by atoms with Gasteiger partial charge in [-0.3, -0.25) is 4.79 Å². The molecule has 1 N–H and O–H groups in total. The Kier molecular flexibility index (Phi) is 6.55. The van der Waals surface area contributed by atoms with Crippen molar-refractivity contribution >= 4 is 23.2 Å². The number of ether oxygens (including phenoxy) is 1. The predicted octanol–water partition coefficient (Wildman–Crippen LogP) is 4.12. The number of carbonyl (C=O) groups excluding carboxylic acids is 2. The maximum Gasteiger partial charge on any atom is 0.349 e. The summed E-state index contributed by atoms with van der Waals surface area (Å²) in [5.41, 5.74) is 1.92. The number of benzene rings is 1. The van der Waals surface area contributed by atoms with Gasteiger partial charge in [0, 0.05) is 0 Å². The van der Waals surface area contributed by atoms with Crippen molar-refractivity contribution in [3.05, 3.63) is 57.8 Å². The van der Waals surface area contributed by atoms with Crippen LogP contribution in [0.3, 0.4) is 0 Å². The number of rotatable bonds is 7. The average Bonchev–Trinajstić information content (AvgIpc) is 2.98. The van der Waals surface area contributed by atoms with E-state index in [1.54, 1.807) is 0 Å². The van der Waals surface area contributed by atoms with Gasteiger partial charge in [0.15, 0.2) is 6.61 Å². The van der Waals surface area contributed by atoms with Crippen molar-refractivity contribution in [1.29, 1.82) is 0 Å². The van der Waals surface area contributed by atoms with Crippen LogP contribution in [0.25, 0.3) is 0 Å². The summed E-state index contributed by atoms with van der Waals surface area (Å²) in [6.45, 7) is 5.81. The molecule has 0 aliphatic rings. The van der Waals surface area contributed by atoms with Crippen LogP contribution in [-0.2, 0) is 9.53 Å². The molecule has 1 aromatic heterocycles. The quantitative estimate of drug-likeness (QED) is 0.768. The summed E-state index contributed by atoms with van der Waals surface area (Å²) in [4.78, 5) is 24.7. The molecule has 1 atom stereocenters. The van der Waals surface area contributed by atoms with Crippen LogP contribution in [0.4, 0.5) is 0 Å². The maximum absolute atomic E-state index is 12.2. The predicted molar refractivity (Wildman–Crippen MR) is 96.1 cm³/mol. The SMILES string of the molecule is Cc1ccsc1C(=O)OCC(=O)N[C@H](CC(C)C)c1ccccc1. The van der Waals surface area contributed by atoms with E-state index in [4.69, 9.17) is 4.74 Å². The van der Waals surface area contributed by atoms with Gasteiger partial charge < -0.3 is 10.1 Å². The van der Waals surface area contributed by atoms with Gasteiger partial charge in [-0.2, -0.15) is 0 Å². The first-order valence-electron chi connectivity index (χ1n) is 8.03. The van der Waals surface area contributed by atoms with Crippen LogP contribution in [0.5, 0.6) is 0 Å². The van der Waals surface area contributed by atoms with Gasteiger partial charge in [-0.1, -0.05) is 44.2 Å². The first-order chi connectivity index (χ1) is 11.5. The highest BCUT2D eigenvalue weighted by Gasteiger charge is 2.18. The van der Waals surface area contributed by atoms with Crippen molar-refractivity contribution in [2.45, 2.75) is 33.2 Å². The number of esters is 1. The lowest BCUT2D eigenvalue weighted by Crippen LogP contribution is -2.33. The van der Waals surface area contributed by atoms with Crippen molar-refractivity contribution in [2.24, 2.45) is 5.92 Å². The van der Waals surface area contributed by atoms with Crippen molar-refractivity contribution in [3.63, 3.8) is 0 Å². The minimum Gasteiger partial charge on any atom is -0.451 e. The van der Waals surface area contributed by atoms with E-state index < -0.39 is 5.97 Å². The Bertz CT molecular complexity index is 679. The number of hydrogen-bond donors (Lipinski definition) is 1. The van der Waals surface area contributed by atoms with E-state index in [0.717, 1.165) is 17.5 Å². The highest BCUT2D eigenvalue weighted by atomic mass is 32.1. The molecule has 1 heterocycles. The summed E-state index contributed by atoms with van der Waals surface area (Å²) >= 11 is 1.32. The highest BCUT2D eigenvalue weighted by molar-refractivity contribution is 7.12. The van der Waals surface area contributed by atoms with Crippen LogP contribution in [0.1, 0.15) is 47.1 Å². The van der Waals surface area contributed by atoms with Gasteiger partial charge in [-0.05, 0) is 41.8 Å². The molecule has 1 amide bonds. The Balaban J connectivity index is 1.93. The zero-order valence-corrected chi connectivity index (χ0v) is 15.1. The van der Waals surface area contributed by atoms with Crippen molar-refractivity contribution in [3.8, 4) is 0 Å². The van der Waals surface area contributed by atoms with Gasteiger partial charge in [0.1, 0.15) is 4.88 Å². The van der Waals surface area contributed by atoms with Gasteiger partial charge in [0.2, 0.25) is 0 Å². The van der Waals surface area contributed by atoms with E-state index in [9.17, 15) is 9.59 Å². The summed E-state index contributed by atoms with van der Waals surface area (Å²) in [6.07, 6.45) is 0.827. The van der Waals surface area contributed by atoms with Gasteiger partial charge in [0.25, 0.3) is 5.91 Å². The Morgan fingerprint density at radius 2 is 1.88 bits per heavy atom. The monoisotopic (exact) mass is 345 g/mol. The first-order valence-corrected chi connectivity index (χ1v) is 8.91. The highest BCUT2D eigenvalue weighted by Crippen LogP contribution is 2.21. The number of thiophene rings is 1. The normalized spacial score (nSPS) is 12.0. The molecule has 0 spiro atoms. The summed E-state index contributed by atoms with van der Waals surface area (Å²) in [5, 5.41) is 4.80. The molecule has 0 unspecified atom stereocenters. The molecule has 2 aromatic rings.